The van der Waals surface area contributed by atoms with Gasteiger partial charge in [-0.1, -0.05) is 51.9 Å². The predicted octanol–water partition coefficient (Wildman–Crippen LogP) is 5.16. The molecule has 21 heavy (non-hydrogen) atoms. The lowest BCUT2D eigenvalue weighted by molar-refractivity contribution is -0.114. The molecule has 0 heterocycles. The monoisotopic (exact) mass is 291 g/mol. The highest BCUT2D eigenvalue weighted by molar-refractivity contribution is 5.88. The molecule has 0 saturated heterocycles. The number of anilines is 1. The molecule has 0 aliphatic rings. The van der Waals surface area contributed by atoms with Crippen LogP contribution in [0.3, 0.4) is 0 Å². The first-order valence-corrected chi connectivity index (χ1v) is 8.23. The molecule has 0 aromatic heterocycles. The number of carbonyl (C=O) groups excluding carboxylic acids is 1. The smallest absolute Gasteiger partial charge is 0.221 e. The first-order valence-electron chi connectivity index (χ1n) is 8.23. The number of ether oxygens (including phenoxy) is 1. The van der Waals surface area contributed by atoms with Crippen LogP contribution in [0.5, 0.6) is 5.75 Å². The van der Waals surface area contributed by atoms with Crippen LogP contribution in [-0.4, -0.2) is 12.5 Å². The van der Waals surface area contributed by atoms with Crippen molar-refractivity contribution >= 4 is 11.6 Å². The normalized spacial score (nSPS) is 10.4. The zero-order chi connectivity index (χ0) is 15.3. The van der Waals surface area contributed by atoms with Gasteiger partial charge in [-0.15, -0.1) is 0 Å². The van der Waals surface area contributed by atoms with Crippen LogP contribution < -0.4 is 10.1 Å². The molecule has 0 bridgehead atoms. The second-order valence-corrected chi connectivity index (χ2v) is 5.53. The molecular formula is C18H29NO2. The summed E-state index contributed by atoms with van der Waals surface area (Å²) in [5, 5.41) is 2.74. The molecule has 1 rings (SSSR count). The fraction of sp³-hybridized carbons (Fsp3) is 0.611. The third kappa shape index (κ3) is 9.11. The lowest BCUT2D eigenvalue weighted by Crippen LogP contribution is -2.05. The summed E-state index contributed by atoms with van der Waals surface area (Å²) in [6, 6.07) is 7.53. The van der Waals surface area contributed by atoms with Gasteiger partial charge >= 0.3 is 0 Å². The van der Waals surface area contributed by atoms with Gasteiger partial charge in [0, 0.05) is 12.6 Å². The van der Waals surface area contributed by atoms with Crippen molar-refractivity contribution in [1.29, 1.82) is 0 Å². The van der Waals surface area contributed by atoms with Crippen LogP contribution in [0, 0.1) is 0 Å². The van der Waals surface area contributed by atoms with Crippen molar-refractivity contribution in [2.75, 3.05) is 11.9 Å². The molecule has 3 nitrogen and oxygen atoms in total. The molecule has 1 N–H and O–H groups in total. The standard InChI is InChI=1S/C18H29NO2/c1-3-4-5-6-7-8-9-10-15-21-18-13-11-17(12-14-18)19-16(2)20/h11-14H,3-10,15H2,1-2H3,(H,19,20). The van der Waals surface area contributed by atoms with E-state index < -0.39 is 0 Å². The highest BCUT2D eigenvalue weighted by atomic mass is 16.5. The summed E-state index contributed by atoms with van der Waals surface area (Å²) in [7, 11) is 0. The lowest BCUT2D eigenvalue weighted by Gasteiger charge is -2.07. The SMILES string of the molecule is CCCCCCCCCCOc1ccc(NC(C)=O)cc1. The third-order valence-corrected chi connectivity index (χ3v) is 3.44. The van der Waals surface area contributed by atoms with Gasteiger partial charge in [0.1, 0.15) is 5.75 Å². The first-order chi connectivity index (χ1) is 10.2. The maximum absolute atomic E-state index is 10.9. The van der Waals surface area contributed by atoms with Crippen molar-refractivity contribution in [3.8, 4) is 5.75 Å². The van der Waals surface area contributed by atoms with Crippen LogP contribution in [0.1, 0.15) is 65.2 Å². The number of hydrogen-bond acceptors (Lipinski definition) is 2. The van der Waals surface area contributed by atoms with E-state index in [2.05, 4.69) is 12.2 Å². The topological polar surface area (TPSA) is 38.3 Å². The fourth-order valence-electron chi connectivity index (χ4n) is 2.26. The summed E-state index contributed by atoms with van der Waals surface area (Å²) < 4.78 is 5.70. The van der Waals surface area contributed by atoms with E-state index in [1.807, 2.05) is 24.3 Å². The number of rotatable bonds is 11. The molecule has 0 atom stereocenters. The van der Waals surface area contributed by atoms with Crippen molar-refractivity contribution in [2.45, 2.75) is 65.2 Å². The molecule has 118 valence electrons. The van der Waals surface area contributed by atoms with E-state index in [0.717, 1.165) is 24.5 Å². The first kappa shape index (κ1) is 17.5. The molecule has 0 saturated carbocycles. The zero-order valence-electron chi connectivity index (χ0n) is 13.5. The van der Waals surface area contributed by atoms with E-state index >= 15 is 0 Å². The molecule has 0 radical (unpaired) electrons. The average molecular weight is 291 g/mol. The minimum absolute atomic E-state index is 0.0531. The Balaban J connectivity index is 2.03. The number of nitrogens with one attached hydrogen (secondary N) is 1. The fourth-order valence-corrected chi connectivity index (χ4v) is 2.26. The molecule has 0 unspecified atom stereocenters. The highest BCUT2D eigenvalue weighted by Crippen LogP contribution is 2.16. The largest absolute Gasteiger partial charge is 0.494 e. The Labute approximate surface area is 129 Å². The molecule has 0 fully saturated rings. The van der Waals surface area contributed by atoms with Crippen molar-refractivity contribution in [3.05, 3.63) is 24.3 Å². The maximum atomic E-state index is 10.9. The predicted molar refractivity (Wildman–Crippen MR) is 88.9 cm³/mol. The Hall–Kier alpha value is -1.51. The second kappa shape index (κ2) is 11.2. The van der Waals surface area contributed by atoms with Crippen LogP contribution in [0.4, 0.5) is 5.69 Å². The Morgan fingerprint density at radius 1 is 0.952 bits per heavy atom. The summed E-state index contributed by atoms with van der Waals surface area (Å²) in [6.45, 7) is 4.53. The van der Waals surface area contributed by atoms with Gasteiger partial charge in [0.2, 0.25) is 5.91 Å². The van der Waals surface area contributed by atoms with Crippen LogP contribution in [0.15, 0.2) is 24.3 Å². The number of hydrogen-bond donors (Lipinski definition) is 1. The van der Waals surface area contributed by atoms with Gasteiger partial charge in [0.15, 0.2) is 0 Å². The maximum Gasteiger partial charge on any atom is 0.221 e. The number of carbonyl (C=O) groups is 1. The lowest BCUT2D eigenvalue weighted by atomic mass is 10.1. The van der Waals surface area contributed by atoms with Crippen molar-refractivity contribution in [1.82, 2.24) is 0 Å². The van der Waals surface area contributed by atoms with Gasteiger partial charge in [-0.25, -0.2) is 0 Å². The number of benzene rings is 1. The number of amides is 1. The zero-order valence-corrected chi connectivity index (χ0v) is 13.5. The highest BCUT2D eigenvalue weighted by Gasteiger charge is 1.97. The van der Waals surface area contributed by atoms with Crippen molar-refractivity contribution in [2.24, 2.45) is 0 Å². The molecule has 1 aromatic carbocycles. The van der Waals surface area contributed by atoms with Gasteiger partial charge in [-0.2, -0.15) is 0 Å². The number of unbranched alkanes of at least 4 members (excludes halogenated alkanes) is 7. The van der Waals surface area contributed by atoms with Gasteiger partial charge in [0.05, 0.1) is 6.61 Å². The van der Waals surface area contributed by atoms with Crippen LogP contribution in [0.2, 0.25) is 0 Å². The Morgan fingerprint density at radius 3 is 2.10 bits per heavy atom. The van der Waals surface area contributed by atoms with Gasteiger partial charge in [0.25, 0.3) is 0 Å². The van der Waals surface area contributed by atoms with Crippen LogP contribution in [-0.2, 0) is 4.79 Å². The Kier molecular flexibility index (Phi) is 9.34. The van der Waals surface area contributed by atoms with E-state index in [0.29, 0.717) is 0 Å². The van der Waals surface area contributed by atoms with E-state index in [1.54, 1.807) is 0 Å². The molecular weight excluding hydrogens is 262 g/mol. The second-order valence-electron chi connectivity index (χ2n) is 5.53. The summed E-state index contributed by atoms with van der Waals surface area (Å²) in [5.74, 6) is 0.814. The van der Waals surface area contributed by atoms with Crippen LogP contribution >= 0.6 is 0 Å². The Bertz CT molecular complexity index is 387. The van der Waals surface area contributed by atoms with Crippen molar-refractivity contribution < 1.29 is 9.53 Å². The van der Waals surface area contributed by atoms with E-state index in [-0.39, 0.29) is 5.91 Å². The van der Waals surface area contributed by atoms with Gasteiger partial charge < -0.3 is 10.1 Å². The summed E-state index contributed by atoms with van der Waals surface area (Å²) >= 11 is 0. The van der Waals surface area contributed by atoms with Crippen LogP contribution in [0.25, 0.3) is 0 Å². The van der Waals surface area contributed by atoms with E-state index in [1.165, 1.54) is 51.9 Å². The molecule has 0 aliphatic heterocycles. The van der Waals surface area contributed by atoms with Gasteiger partial charge in [-0.3, -0.25) is 4.79 Å². The Morgan fingerprint density at radius 2 is 1.52 bits per heavy atom. The van der Waals surface area contributed by atoms with E-state index in [9.17, 15) is 4.79 Å². The molecule has 1 amide bonds. The summed E-state index contributed by atoms with van der Waals surface area (Å²) in [5.41, 5.74) is 0.807. The van der Waals surface area contributed by atoms with Crippen molar-refractivity contribution in [3.63, 3.8) is 0 Å². The minimum Gasteiger partial charge on any atom is -0.494 e. The average Bonchev–Trinajstić information content (AvgIpc) is 2.47. The molecule has 1 aromatic rings. The molecule has 3 heteroatoms. The summed E-state index contributed by atoms with van der Waals surface area (Å²) in [4.78, 5) is 10.9. The van der Waals surface area contributed by atoms with E-state index in [4.69, 9.17) is 4.74 Å². The third-order valence-electron chi connectivity index (χ3n) is 3.44. The minimum atomic E-state index is -0.0531. The quantitative estimate of drug-likeness (QED) is 0.571. The molecule has 0 spiro atoms. The summed E-state index contributed by atoms with van der Waals surface area (Å²) in [6.07, 6.45) is 10.5. The van der Waals surface area contributed by atoms with Gasteiger partial charge in [-0.05, 0) is 30.7 Å². The molecule has 0 aliphatic carbocycles.